The van der Waals surface area contributed by atoms with Crippen molar-refractivity contribution in [2.24, 2.45) is 0 Å². The minimum absolute atomic E-state index is 0.161. The molecule has 1 amide bonds. The van der Waals surface area contributed by atoms with Crippen LogP contribution in [0.3, 0.4) is 0 Å². The lowest BCUT2D eigenvalue weighted by molar-refractivity contribution is 0.0916. The maximum Gasteiger partial charge on any atom is 0.251 e. The molecule has 0 aliphatic carbocycles. The Morgan fingerprint density at radius 2 is 1.95 bits per heavy atom. The first-order valence-electron chi connectivity index (χ1n) is 6.34. The number of benzene rings is 2. The predicted molar refractivity (Wildman–Crippen MR) is 79.9 cm³/mol. The molecule has 0 radical (unpaired) electrons. The molecule has 2 aromatic carbocycles. The monoisotopic (exact) mass is 289 g/mol. The maximum absolute atomic E-state index is 11.9. The van der Waals surface area contributed by atoms with Crippen molar-refractivity contribution < 1.29 is 9.90 Å². The van der Waals surface area contributed by atoms with Crippen molar-refractivity contribution in [3.8, 4) is 0 Å². The summed E-state index contributed by atoms with van der Waals surface area (Å²) in [6, 6.07) is 14.2. The maximum atomic E-state index is 11.9. The third-order valence-electron chi connectivity index (χ3n) is 2.99. The Labute approximate surface area is 123 Å². The van der Waals surface area contributed by atoms with Gasteiger partial charge >= 0.3 is 0 Å². The van der Waals surface area contributed by atoms with Crippen LogP contribution in [0.15, 0.2) is 48.5 Å². The number of aliphatic hydroxyl groups excluding tert-OH is 1. The average molecular weight is 290 g/mol. The Balaban J connectivity index is 1.94. The average Bonchev–Trinajstić information content (AvgIpc) is 2.45. The fraction of sp³-hybridized carbons (Fsp3) is 0.188. The molecule has 2 N–H and O–H groups in total. The van der Waals surface area contributed by atoms with E-state index < -0.39 is 6.10 Å². The van der Waals surface area contributed by atoms with E-state index in [9.17, 15) is 9.90 Å². The van der Waals surface area contributed by atoms with Gasteiger partial charge in [0.05, 0.1) is 6.10 Å². The normalized spacial score (nSPS) is 11.9. The summed E-state index contributed by atoms with van der Waals surface area (Å²) in [6.07, 6.45) is -0.749. The fourth-order valence-electron chi connectivity index (χ4n) is 1.88. The first-order chi connectivity index (χ1) is 9.56. The zero-order valence-electron chi connectivity index (χ0n) is 11.1. The van der Waals surface area contributed by atoms with Gasteiger partial charge in [-0.1, -0.05) is 41.4 Å². The van der Waals surface area contributed by atoms with E-state index >= 15 is 0 Å². The highest BCUT2D eigenvalue weighted by Crippen LogP contribution is 2.15. The van der Waals surface area contributed by atoms with Gasteiger partial charge in [-0.25, -0.2) is 0 Å². The first-order valence-corrected chi connectivity index (χ1v) is 6.72. The molecule has 0 bridgehead atoms. The molecule has 2 aromatic rings. The van der Waals surface area contributed by atoms with Crippen LogP contribution < -0.4 is 5.32 Å². The summed E-state index contributed by atoms with van der Waals surface area (Å²) < 4.78 is 0. The van der Waals surface area contributed by atoms with Crippen LogP contribution in [0.2, 0.25) is 5.02 Å². The molecule has 0 aliphatic heterocycles. The molecule has 0 saturated carbocycles. The number of halogens is 1. The number of aliphatic hydroxyl groups is 1. The Morgan fingerprint density at radius 3 is 2.60 bits per heavy atom. The van der Waals surface area contributed by atoms with Crippen molar-refractivity contribution in [2.45, 2.75) is 13.0 Å². The number of carbonyl (C=O) groups excluding carboxylic acids is 1. The Hall–Kier alpha value is -1.84. The lowest BCUT2D eigenvalue weighted by Crippen LogP contribution is -2.28. The Morgan fingerprint density at radius 1 is 1.25 bits per heavy atom. The number of aryl methyl sites for hydroxylation is 1. The molecule has 2 rings (SSSR count). The molecule has 0 aliphatic rings. The number of carbonyl (C=O) groups is 1. The van der Waals surface area contributed by atoms with Crippen LogP contribution in [0.5, 0.6) is 0 Å². The van der Waals surface area contributed by atoms with E-state index in [2.05, 4.69) is 5.32 Å². The van der Waals surface area contributed by atoms with Gasteiger partial charge in [-0.05, 0) is 36.8 Å². The van der Waals surface area contributed by atoms with E-state index in [0.29, 0.717) is 10.6 Å². The smallest absolute Gasteiger partial charge is 0.251 e. The van der Waals surface area contributed by atoms with Crippen LogP contribution in [0.4, 0.5) is 0 Å². The minimum atomic E-state index is -0.749. The van der Waals surface area contributed by atoms with E-state index in [1.165, 1.54) is 0 Å². The van der Waals surface area contributed by atoms with Crippen LogP contribution in [-0.2, 0) is 0 Å². The second kappa shape index (κ2) is 6.55. The van der Waals surface area contributed by atoms with Gasteiger partial charge in [0, 0.05) is 17.1 Å². The third-order valence-corrected chi connectivity index (χ3v) is 3.24. The van der Waals surface area contributed by atoms with Crippen molar-refractivity contribution in [1.82, 2.24) is 5.32 Å². The SMILES string of the molecule is Cc1cccc(C(=O)NCC(O)c2ccc(Cl)cc2)c1. The van der Waals surface area contributed by atoms with E-state index in [1.807, 2.05) is 25.1 Å². The topological polar surface area (TPSA) is 49.3 Å². The highest BCUT2D eigenvalue weighted by molar-refractivity contribution is 6.30. The lowest BCUT2D eigenvalue weighted by atomic mass is 10.1. The molecule has 4 heteroatoms. The van der Waals surface area contributed by atoms with Crippen molar-refractivity contribution in [3.05, 3.63) is 70.2 Å². The number of amides is 1. The van der Waals surface area contributed by atoms with Gasteiger partial charge in [-0.2, -0.15) is 0 Å². The van der Waals surface area contributed by atoms with Gasteiger partial charge in [0.2, 0.25) is 0 Å². The molecular weight excluding hydrogens is 274 g/mol. The van der Waals surface area contributed by atoms with Crippen LogP contribution in [0.25, 0.3) is 0 Å². The van der Waals surface area contributed by atoms with Gasteiger partial charge in [0.15, 0.2) is 0 Å². The quantitative estimate of drug-likeness (QED) is 0.908. The standard InChI is InChI=1S/C16H16ClNO2/c1-11-3-2-4-13(9-11)16(20)18-10-15(19)12-5-7-14(17)8-6-12/h2-9,15,19H,10H2,1H3,(H,18,20). The molecule has 3 nitrogen and oxygen atoms in total. The van der Waals surface area contributed by atoms with E-state index in [1.54, 1.807) is 30.3 Å². The number of rotatable bonds is 4. The third kappa shape index (κ3) is 3.83. The van der Waals surface area contributed by atoms with Gasteiger partial charge in [0.1, 0.15) is 0 Å². The Kier molecular flexibility index (Phi) is 4.77. The van der Waals surface area contributed by atoms with E-state index in [-0.39, 0.29) is 12.5 Å². The summed E-state index contributed by atoms with van der Waals surface area (Å²) in [5.41, 5.74) is 2.34. The molecule has 1 atom stereocenters. The molecule has 0 fully saturated rings. The fourth-order valence-corrected chi connectivity index (χ4v) is 2.01. The van der Waals surface area contributed by atoms with Crippen LogP contribution >= 0.6 is 11.6 Å². The van der Waals surface area contributed by atoms with Crippen molar-refractivity contribution >= 4 is 17.5 Å². The minimum Gasteiger partial charge on any atom is -0.387 e. The number of nitrogens with one attached hydrogen (secondary N) is 1. The van der Waals surface area contributed by atoms with Gasteiger partial charge in [-0.3, -0.25) is 4.79 Å². The van der Waals surface area contributed by atoms with Crippen molar-refractivity contribution in [3.63, 3.8) is 0 Å². The molecule has 20 heavy (non-hydrogen) atoms. The van der Waals surface area contributed by atoms with E-state index in [4.69, 9.17) is 11.6 Å². The summed E-state index contributed by atoms with van der Waals surface area (Å²) in [5.74, 6) is -0.193. The molecule has 0 aromatic heterocycles. The van der Waals surface area contributed by atoms with Gasteiger partial charge < -0.3 is 10.4 Å². The molecule has 0 saturated heterocycles. The highest BCUT2D eigenvalue weighted by atomic mass is 35.5. The largest absolute Gasteiger partial charge is 0.387 e. The second-order valence-electron chi connectivity index (χ2n) is 4.65. The lowest BCUT2D eigenvalue weighted by Gasteiger charge is -2.12. The summed E-state index contributed by atoms with van der Waals surface area (Å²) in [4.78, 5) is 11.9. The number of hydrogen-bond acceptors (Lipinski definition) is 2. The number of hydrogen-bond donors (Lipinski definition) is 2. The van der Waals surface area contributed by atoms with Gasteiger partial charge in [0.25, 0.3) is 5.91 Å². The Bertz CT molecular complexity index is 596. The van der Waals surface area contributed by atoms with Crippen molar-refractivity contribution in [1.29, 1.82) is 0 Å². The first kappa shape index (κ1) is 14.6. The summed E-state index contributed by atoms with van der Waals surface area (Å²) in [7, 11) is 0. The summed E-state index contributed by atoms with van der Waals surface area (Å²) >= 11 is 5.79. The van der Waals surface area contributed by atoms with Crippen LogP contribution in [-0.4, -0.2) is 17.6 Å². The van der Waals surface area contributed by atoms with Crippen LogP contribution in [0.1, 0.15) is 27.6 Å². The molecule has 1 unspecified atom stereocenters. The molecule has 0 spiro atoms. The predicted octanol–water partition coefficient (Wildman–Crippen LogP) is 3.11. The molecular formula is C16H16ClNO2. The zero-order chi connectivity index (χ0) is 14.5. The second-order valence-corrected chi connectivity index (χ2v) is 5.08. The van der Waals surface area contributed by atoms with Crippen LogP contribution in [0, 0.1) is 6.92 Å². The highest BCUT2D eigenvalue weighted by Gasteiger charge is 2.10. The summed E-state index contributed by atoms with van der Waals surface area (Å²) in [6.45, 7) is 2.09. The zero-order valence-corrected chi connectivity index (χ0v) is 11.9. The van der Waals surface area contributed by atoms with E-state index in [0.717, 1.165) is 11.1 Å². The van der Waals surface area contributed by atoms with Gasteiger partial charge in [-0.15, -0.1) is 0 Å². The van der Waals surface area contributed by atoms with Crippen molar-refractivity contribution in [2.75, 3.05) is 6.54 Å². The summed E-state index contributed by atoms with van der Waals surface area (Å²) in [5, 5.41) is 13.3. The molecule has 0 heterocycles. The molecule has 104 valence electrons.